The Hall–Kier alpha value is -2.56. The van der Waals surface area contributed by atoms with Crippen molar-refractivity contribution in [1.82, 2.24) is 10.6 Å². The summed E-state index contributed by atoms with van der Waals surface area (Å²) < 4.78 is 18.4. The van der Waals surface area contributed by atoms with Crippen LogP contribution in [0.4, 0.5) is 9.18 Å². The van der Waals surface area contributed by atoms with Crippen LogP contribution in [-0.2, 0) is 11.8 Å². The standard InChI is InChI=1S/C20H23FN2O2/c1-25-18-5-3-2-4-15(18)10-13-22-19(24)23-14-20(11-12-20)16-6-8-17(21)9-7-16/h2-9H,10-14H2,1H3,(H2,22,23,24). The number of halogens is 1. The molecule has 1 aliphatic rings. The Morgan fingerprint density at radius 1 is 1.12 bits per heavy atom. The van der Waals surface area contributed by atoms with E-state index in [2.05, 4.69) is 10.6 Å². The number of amides is 2. The molecule has 0 aromatic heterocycles. The van der Waals surface area contributed by atoms with Gasteiger partial charge in [0.15, 0.2) is 0 Å². The van der Waals surface area contributed by atoms with E-state index in [9.17, 15) is 9.18 Å². The van der Waals surface area contributed by atoms with Gasteiger partial charge in [0.05, 0.1) is 7.11 Å². The van der Waals surface area contributed by atoms with E-state index in [1.807, 2.05) is 36.4 Å². The molecule has 0 spiro atoms. The minimum Gasteiger partial charge on any atom is -0.496 e. The highest BCUT2D eigenvalue weighted by molar-refractivity contribution is 5.74. The fourth-order valence-electron chi connectivity index (χ4n) is 3.05. The lowest BCUT2D eigenvalue weighted by molar-refractivity contribution is 0.240. The molecule has 0 aliphatic heterocycles. The number of hydrogen-bond acceptors (Lipinski definition) is 2. The van der Waals surface area contributed by atoms with Gasteiger partial charge in [-0.2, -0.15) is 0 Å². The van der Waals surface area contributed by atoms with Crippen molar-refractivity contribution in [2.75, 3.05) is 20.2 Å². The minimum atomic E-state index is -0.235. The molecule has 0 saturated heterocycles. The van der Waals surface area contributed by atoms with Crippen molar-refractivity contribution in [2.24, 2.45) is 0 Å². The van der Waals surface area contributed by atoms with E-state index >= 15 is 0 Å². The summed E-state index contributed by atoms with van der Waals surface area (Å²) in [6.07, 6.45) is 2.74. The third-order valence-corrected chi connectivity index (χ3v) is 4.77. The maximum absolute atomic E-state index is 13.1. The number of urea groups is 1. The second-order valence-electron chi connectivity index (χ2n) is 6.46. The van der Waals surface area contributed by atoms with Gasteiger partial charge in [-0.1, -0.05) is 30.3 Å². The molecular weight excluding hydrogens is 319 g/mol. The van der Waals surface area contributed by atoms with Crippen molar-refractivity contribution >= 4 is 6.03 Å². The SMILES string of the molecule is COc1ccccc1CCNC(=O)NCC1(c2ccc(F)cc2)CC1. The Morgan fingerprint density at radius 3 is 2.52 bits per heavy atom. The van der Waals surface area contributed by atoms with Crippen LogP contribution in [-0.4, -0.2) is 26.2 Å². The molecule has 3 rings (SSSR count). The van der Waals surface area contributed by atoms with Crippen LogP contribution >= 0.6 is 0 Å². The van der Waals surface area contributed by atoms with E-state index in [0.29, 0.717) is 19.5 Å². The monoisotopic (exact) mass is 342 g/mol. The fourth-order valence-corrected chi connectivity index (χ4v) is 3.05. The largest absolute Gasteiger partial charge is 0.496 e. The fraction of sp³-hybridized carbons (Fsp3) is 0.350. The van der Waals surface area contributed by atoms with E-state index in [-0.39, 0.29) is 17.3 Å². The van der Waals surface area contributed by atoms with Crippen molar-refractivity contribution in [1.29, 1.82) is 0 Å². The van der Waals surface area contributed by atoms with Gasteiger partial charge in [0.25, 0.3) is 0 Å². The summed E-state index contributed by atoms with van der Waals surface area (Å²) >= 11 is 0. The van der Waals surface area contributed by atoms with E-state index in [1.54, 1.807) is 7.11 Å². The lowest BCUT2D eigenvalue weighted by atomic mass is 9.96. The van der Waals surface area contributed by atoms with Gasteiger partial charge in [-0.25, -0.2) is 9.18 Å². The number of nitrogens with one attached hydrogen (secondary N) is 2. The summed E-state index contributed by atoms with van der Waals surface area (Å²) in [5, 5.41) is 5.82. The molecule has 1 aliphatic carbocycles. The Labute approximate surface area is 147 Å². The average molecular weight is 342 g/mol. The molecule has 2 amide bonds. The Kier molecular flexibility index (Phi) is 5.22. The van der Waals surface area contributed by atoms with E-state index in [0.717, 1.165) is 29.7 Å². The highest BCUT2D eigenvalue weighted by atomic mass is 19.1. The van der Waals surface area contributed by atoms with Crippen LogP contribution in [0.2, 0.25) is 0 Å². The molecular formula is C20H23FN2O2. The minimum absolute atomic E-state index is 0.0340. The topological polar surface area (TPSA) is 50.4 Å². The van der Waals surface area contributed by atoms with E-state index in [1.165, 1.54) is 12.1 Å². The zero-order valence-electron chi connectivity index (χ0n) is 14.3. The van der Waals surface area contributed by atoms with Crippen LogP contribution in [0.1, 0.15) is 24.0 Å². The number of para-hydroxylation sites is 1. The van der Waals surface area contributed by atoms with E-state index < -0.39 is 0 Å². The Balaban J connectivity index is 1.45. The lowest BCUT2D eigenvalue weighted by Gasteiger charge is -2.17. The molecule has 2 aromatic carbocycles. The first-order valence-corrected chi connectivity index (χ1v) is 8.53. The normalized spacial score (nSPS) is 14.6. The molecule has 0 bridgehead atoms. The zero-order valence-corrected chi connectivity index (χ0v) is 14.3. The number of carbonyl (C=O) groups is 1. The lowest BCUT2D eigenvalue weighted by Crippen LogP contribution is -2.40. The first-order valence-electron chi connectivity index (χ1n) is 8.53. The van der Waals surface area contributed by atoms with E-state index in [4.69, 9.17) is 4.74 Å². The molecule has 1 saturated carbocycles. The average Bonchev–Trinajstić information content (AvgIpc) is 3.42. The summed E-state index contributed by atoms with van der Waals surface area (Å²) in [7, 11) is 1.64. The van der Waals surface area contributed by atoms with Crippen LogP contribution in [0.5, 0.6) is 5.75 Å². The molecule has 0 heterocycles. The number of hydrogen-bond donors (Lipinski definition) is 2. The van der Waals surface area contributed by atoms with Crippen LogP contribution in [0, 0.1) is 5.82 Å². The molecule has 0 atom stereocenters. The number of ether oxygens (including phenoxy) is 1. The summed E-state index contributed by atoms with van der Waals surface area (Å²) in [5.41, 5.74) is 2.12. The molecule has 5 heteroatoms. The molecule has 0 unspecified atom stereocenters. The molecule has 2 aromatic rings. The van der Waals surface area contributed by atoms with Crippen molar-refractivity contribution < 1.29 is 13.9 Å². The molecule has 25 heavy (non-hydrogen) atoms. The zero-order chi connectivity index (χ0) is 17.7. The van der Waals surface area contributed by atoms with Crippen LogP contribution in [0.25, 0.3) is 0 Å². The summed E-state index contributed by atoms with van der Waals surface area (Å²) in [6, 6.07) is 14.2. The maximum Gasteiger partial charge on any atom is 0.314 e. The molecule has 0 radical (unpaired) electrons. The first-order chi connectivity index (χ1) is 12.1. The van der Waals surface area contributed by atoms with Gasteiger partial charge >= 0.3 is 6.03 Å². The van der Waals surface area contributed by atoms with Crippen LogP contribution < -0.4 is 15.4 Å². The van der Waals surface area contributed by atoms with Gasteiger partial charge in [-0.15, -0.1) is 0 Å². The van der Waals surface area contributed by atoms with Gasteiger partial charge in [-0.3, -0.25) is 0 Å². The number of rotatable bonds is 7. The van der Waals surface area contributed by atoms with Gasteiger partial charge < -0.3 is 15.4 Å². The second-order valence-corrected chi connectivity index (χ2v) is 6.46. The Morgan fingerprint density at radius 2 is 1.84 bits per heavy atom. The summed E-state index contributed by atoms with van der Waals surface area (Å²) in [4.78, 5) is 12.0. The van der Waals surface area contributed by atoms with Crippen molar-refractivity contribution in [3.63, 3.8) is 0 Å². The van der Waals surface area contributed by atoms with Gasteiger partial charge in [0, 0.05) is 18.5 Å². The molecule has 1 fully saturated rings. The number of benzene rings is 2. The quantitative estimate of drug-likeness (QED) is 0.810. The highest BCUT2D eigenvalue weighted by Crippen LogP contribution is 2.47. The number of methoxy groups -OCH3 is 1. The number of carbonyl (C=O) groups excluding carboxylic acids is 1. The van der Waals surface area contributed by atoms with Gasteiger partial charge in [0.1, 0.15) is 11.6 Å². The molecule has 2 N–H and O–H groups in total. The third-order valence-electron chi connectivity index (χ3n) is 4.77. The van der Waals surface area contributed by atoms with Crippen molar-refractivity contribution in [2.45, 2.75) is 24.7 Å². The second kappa shape index (κ2) is 7.55. The smallest absolute Gasteiger partial charge is 0.314 e. The molecule has 132 valence electrons. The molecule has 4 nitrogen and oxygen atoms in total. The van der Waals surface area contributed by atoms with Gasteiger partial charge in [0.2, 0.25) is 0 Å². The predicted molar refractivity (Wildman–Crippen MR) is 95.4 cm³/mol. The summed E-state index contributed by atoms with van der Waals surface area (Å²) in [5.74, 6) is 0.597. The van der Waals surface area contributed by atoms with Crippen molar-refractivity contribution in [3.8, 4) is 5.75 Å². The van der Waals surface area contributed by atoms with Gasteiger partial charge in [-0.05, 0) is 48.6 Å². The maximum atomic E-state index is 13.1. The highest BCUT2D eigenvalue weighted by Gasteiger charge is 2.44. The Bertz CT molecular complexity index is 727. The predicted octanol–water partition coefficient (Wildman–Crippen LogP) is 3.41. The summed E-state index contributed by atoms with van der Waals surface area (Å²) in [6.45, 7) is 1.11. The van der Waals surface area contributed by atoms with Crippen LogP contribution in [0.3, 0.4) is 0 Å². The van der Waals surface area contributed by atoms with Crippen molar-refractivity contribution in [3.05, 3.63) is 65.5 Å². The first kappa shape index (κ1) is 17.3. The third kappa shape index (κ3) is 4.29. The van der Waals surface area contributed by atoms with Crippen LogP contribution in [0.15, 0.2) is 48.5 Å².